The van der Waals surface area contributed by atoms with Gasteiger partial charge in [-0.2, -0.15) is 0 Å². The van der Waals surface area contributed by atoms with Gasteiger partial charge in [0.1, 0.15) is 11.2 Å². The Kier molecular flexibility index (Phi) is 4.35. The molecule has 3 heterocycles. The normalized spacial score (nSPS) is 11.3. The third-order valence-corrected chi connectivity index (χ3v) is 4.44. The third kappa shape index (κ3) is 3.15. The van der Waals surface area contributed by atoms with Gasteiger partial charge in [-0.1, -0.05) is 23.4 Å². The molecule has 4 aromatic rings. The van der Waals surface area contributed by atoms with Gasteiger partial charge >= 0.3 is 0 Å². The van der Waals surface area contributed by atoms with E-state index in [9.17, 15) is 4.79 Å². The van der Waals surface area contributed by atoms with Crippen LogP contribution < -0.4 is 5.32 Å². The molecule has 1 N–H and O–H groups in total. The molecule has 0 aliphatic heterocycles. The molecule has 0 bridgehead atoms. The predicted octanol–water partition coefficient (Wildman–Crippen LogP) is 2.14. The second-order valence-electron chi connectivity index (χ2n) is 6.32. The van der Waals surface area contributed by atoms with Crippen LogP contribution in [0.5, 0.6) is 0 Å². The number of nitrogens with zero attached hydrogens (tertiary/aromatic N) is 5. The molecule has 0 saturated carbocycles. The van der Waals surface area contributed by atoms with E-state index < -0.39 is 0 Å². The molecule has 7 nitrogen and oxygen atoms in total. The average Bonchev–Trinajstić information content (AvgIpc) is 3.24. The van der Waals surface area contributed by atoms with E-state index >= 15 is 0 Å². The number of pyridine rings is 1. The summed E-state index contributed by atoms with van der Waals surface area (Å²) in [5.41, 5.74) is 4.79. The molecule has 3 aromatic heterocycles. The van der Waals surface area contributed by atoms with Gasteiger partial charge in [0, 0.05) is 25.5 Å². The third-order valence-electron chi connectivity index (χ3n) is 4.44. The van der Waals surface area contributed by atoms with Gasteiger partial charge in [-0.05, 0) is 37.1 Å². The van der Waals surface area contributed by atoms with Crippen LogP contribution in [0.3, 0.4) is 0 Å². The van der Waals surface area contributed by atoms with Crippen molar-refractivity contribution < 1.29 is 4.79 Å². The van der Waals surface area contributed by atoms with Gasteiger partial charge in [0.2, 0.25) is 5.91 Å². The van der Waals surface area contributed by atoms with Gasteiger partial charge in [-0.25, -0.2) is 9.67 Å². The van der Waals surface area contributed by atoms with Crippen molar-refractivity contribution in [2.75, 3.05) is 6.54 Å². The van der Waals surface area contributed by atoms with Crippen LogP contribution in [-0.2, 0) is 17.8 Å². The van der Waals surface area contributed by atoms with Gasteiger partial charge in [0.05, 0.1) is 17.6 Å². The Labute approximate surface area is 150 Å². The highest BCUT2D eigenvalue weighted by Crippen LogP contribution is 2.12. The summed E-state index contributed by atoms with van der Waals surface area (Å²) in [6, 6.07) is 11.8. The van der Waals surface area contributed by atoms with E-state index in [4.69, 9.17) is 0 Å². The molecule has 0 aliphatic carbocycles. The fourth-order valence-electron chi connectivity index (χ4n) is 3.10. The van der Waals surface area contributed by atoms with Gasteiger partial charge in [-0.3, -0.25) is 4.79 Å². The van der Waals surface area contributed by atoms with E-state index in [2.05, 4.69) is 20.6 Å². The molecule has 0 unspecified atom stereocenters. The molecule has 0 fully saturated rings. The lowest BCUT2D eigenvalue weighted by molar-refractivity contribution is -0.120. The molecule has 1 amide bonds. The number of fused-ring (bicyclic) bond motifs is 2. The maximum atomic E-state index is 12.2. The fourth-order valence-corrected chi connectivity index (χ4v) is 3.10. The number of nitrogens with one attached hydrogen (secondary N) is 1. The Morgan fingerprint density at radius 1 is 1.19 bits per heavy atom. The lowest BCUT2D eigenvalue weighted by Crippen LogP contribution is -2.27. The maximum Gasteiger partial charge on any atom is 0.226 e. The maximum absolute atomic E-state index is 12.2. The number of para-hydroxylation sites is 1. The van der Waals surface area contributed by atoms with Crippen molar-refractivity contribution in [3.8, 4) is 0 Å². The number of carbonyl (C=O) groups excluding carboxylic acids is 1. The zero-order valence-corrected chi connectivity index (χ0v) is 14.6. The zero-order chi connectivity index (χ0) is 17.9. The first-order valence-electron chi connectivity index (χ1n) is 8.69. The summed E-state index contributed by atoms with van der Waals surface area (Å²) < 4.78 is 3.84. The van der Waals surface area contributed by atoms with Crippen LogP contribution in [0.1, 0.15) is 17.7 Å². The molecule has 0 atom stereocenters. The monoisotopic (exact) mass is 348 g/mol. The van der Waals surface area contributed by atoms with Crippen molar-refractivity contribution in [3.63, 3.8) is 0 Å². The summed E-state index contributed by atoms with van der Waals surface area (Å²) in [4.78, 5) is 16.6. The molecular weight excluding hydrogens is 328 g/mol. The molecule has 0 spiro atoms. The number of rotatable bonds is 6. The molecule has 0 saturated heterocycles. The topological polar surface area (TPSA) is 77.1 Å². The minimum Gasteiger partial charge on any atom is -0.356 e. The number of hydrogen-bond donors (Lipinski definition) is 1. The van der Waals surface area contributed by atoms with Gasteiger partial charge < -0.3 is 9.72 Å². The largest absolute Gasteiger partial charge is 0.356 e. The van der Waals surface area contributed by atoms with Crippen molar-refractivity contribution in [1.82, 2.24) is 29.7 Å². The number of hydrogen-bond acceptors (Lipinski definition) is 4. The Morgan fingerprint density at radius 2 is 2.08 bits per heavy atom. The minimum atomic E-state index is -0.00301. The lowest BCUT2D eigenvalue weighted by Gasteiger charge is -2.06. The Bertz CT molecular complexity index is 1060. The second-order valence-corrected chi connectivity index (χ2v) is 6.32. The van der Waals surface area contributed by atoms with Crippen molar-refractivity contribution in [3.05, 3.63) is 60.0 Å². The van der Waals surface area contributed by atoms with E-state index in [0.29, 0.717) is 13.0 Å². The van der Waals surface area contributed by atoms with Crippen LogP contribution in [0.4, 0.5) is 0 Å². The average molecular weight is 348 g/mol. The Morgan fingerprint density at radius 3 is 3.00 bits per heavy atom. The molecular formula is C19H20N6O. The summed E-state index contributed by atoms with van der Waals surface area (Å²) in [5, 5.41) is 11.3. The summed E-state index contributed by atoms with van der Waals surface area (Å²) in [6.45, 7) is 3.33. The summed E-state index contributed by atoms with van der Waals surface area (Å²) in [5.74, 6) is -0.00301. The van der Waals surface area contributed by atoms with Crippen molar-refractivity contribution in [1.29, 1.82) is 0 Å². The first kappa shape index (κ1) is 16.3. The van der Waals surface area contributed by atoms with E-state index in [-0.39, 0.29) is 5.91 Å². The summed E-state index contributed by atoms with van der Waals surface area (Å²) in [6.07, 6.45) is 4.82. The van der Waals surface area contributed by atoms with Gasteiger partial charge in [-0.15, -0.1) is 5.10 Å². The minimum absolute atomic E-state index is 0.00301. The van der Waals surface area contributed by atoms with Crippen molar-refractivity contribution >= 4 is 22.6 Å². The Hall–Kier alpha value is -3.22. The standard InChI is InChI=1S/C19H20N6O/c1-14-6-4-10-24-15(13-21-19(14)24)12-18(26)20-9-5-11-25-17-8-3-2-7-16(17)22-23-25/h2-4,6-8,10,13H,5,9,11-12H2,1H3,(H,20,26). The smallest absolute Gasteiger partial charge is 0.226 e. The molecule has 1 aromatic carbocycles. The van der Waals surface area contributed by atoms with Crippen LogP contribution >= 0.6 is 0 Å². The highest BCUT2D eigenvalue weighted by Gasteiger charge is 2.09. The Balaban J connectivity index is 1.31. The van der Waals surface area contributed by atoms with E-state index in [1.54, 1.807) is 6.20 Å². The quantitative estimate of drug-likeness (QED) is 0.542. The number of benzene rings is 1. The molecule has 0 radical (unpaired) electrons. The van der Waals surface area contributed by atoms with Crippen molar-refractivity contribution in [2.45, 2.75) is 26.3 Å². The first-order chi connectivity index (χ1) is 12.7. The SMILES string of the molecule is Cc1cccn2c(CC(=O)NCCCn3nnc4ccccc43)cnc12. The number of aromatic nitrogens is 5. The second kappa shape index (κ2) is 6.95. The van der Waals surface area contributed by atoms with Crippen LogP contribution in [0.25, 0.3) is 16.7 Å². The summed E-state index contributed by atoms with van der Waals surface area (Å²) in [7, 11) is 0. The van der Waals surface area contributed by atoms with Gasteiger partial charge in [0.25, 0.3) is 0 Å². The van der Waals surface area contributed by atoms with Crippen LogP contribution in [0.2, 0.25) is 0 Å². The molecule has 7 heteroatoms. The van der Waals surface area contributed by atoms with Crippen LogP contribution in [0, 0.1) is 6.92 Å². The van der Waals surface area contributed by atoms with Gasteiger partial charge in [0.15, 0.2) is 0 Å². The zero-order valence-electron chi connectivity index (χ0n) is 14.6. The van der Waals surface area contributed by atoms with Crippen LogP contribution in [-0.4, -0.2) is 36.8 Å². The number of amides is 1. The fraction of sp³-hybridized carbons (Fsp3) is 0.263. The van der Waals surface area contributed by atoms with Crippen molar-refractivity contribution in [2.24, 2.45) is 0 Å². The van der Waals surface area contributed by atoms with E-state index in [1.807, 2.05) is 58.6 Å². The number of imidazole rings is 1. The van der Waals surface area contributed by atoms with E-state index in [1.165, 1.54) is 0 Å². The lowest BCUT2D eigenvalue weighted by atomic mass is 10.3. The molecule has 26 heavy (non-hydrogen) atoms. The number of aryl methyl sites for hydroxylation is 2. The van der Waals surface area contributed by atoms with E-state index in [0.717, 1.165) is 40.9 Å². The summed E-state index contributed by atoms with van der Waals surface area (Å²) >= 11 is 0. The highest BCUT2D eigenvalue weighted by molar-refractivity contribution is 5.78. The molecule has 132 valence electrons. The molecule has 4 rings (SSSR count). The highest BCUT2D eigenvalue weighted by atomic mass is 16.1. The van der Waals surface area contributed by atoms with Crippen LogP contribution in [0.15, 0.2) is 48.8 Å². The molecule has 0 aliphatic rings. The first-order valence-corrected chi connectivity index (χ1v) is 8.69. The predicted molar refractivity (Wildman–Crippen MR) is 98.8 cm³/mol. The number of carbonyl (C=O) groups is 1.